The maximum absolute atomic E-state index is 12.4. The van der Waals surface area contributed by atoms with E-state index in [-0.39, 0.29) is 16.7 Å². The number of carbonyl (C=O) groups is 1. The molecular weight excluding hydrogens is 346 g/mol. The summed E-state index contributed by atoms with van der Waals surface area (Å²) in [6, 6.07) is 15.6. The van der Waals surface area contributed by atoms with Crippen molar-refractivity contribution in [2.24, 2.45) is 5.41 Å². The number of anilines is 1. The Morgan fingerprint density at radius 1 is 1.07 bits per heavy atom. The monoisotopic (exact) mass is 371 g/mol. The number of nitrogens with zero attached hydrogens (tertiary/aromatic N) is 2. The minimum atomic E-state index is -0.0210. The largest absolute Gasteiger partial charge is 0.326 e. The molecule has 4 heteroatoms. The van der Waals surface area contributed by atoms with Gasteiger partial charge in [0.2, 0.25) is 5.91 Å². The van der Waals surface area contributed by atoms with Crippen molar-refractivity contribution in [3.63, 3.8) is 0 Å². The molecule has 28 heavy (non-hydrogen) atoms. The molecule has 0 radical (unpaired) electrons. The van der Waals surface area contributed by atoms with Crippen molar-refractivity contribution in [3.8, 4) is 0 Å². The van der Waals surface area contributed by atoms with Gasteiger partial charge in [0.25, 0.3) is 0 Å². The SMILES string of the molecule is CC12CCC(c3nc4cc(NC(=O)Cc5ccccc5)ccc4nc31)C2(C)C. The van der Waals surface area contributed by atoms with Crippen LogP contribution >= 0.6 is 0 Å². The molecule has 2 aliphatic rings. The molecule has 2 unspecified atom stereocenters. The lowest BCUT2D eigenvalue weighted by atomic mass is 9.70. The maximum Gasteiger partial charge on any atom is 0.228 e. The van der Waals surface area contributed by atoms with E-state index in [0.717, 1.165) is 22.3 Å². The summed E-state index contributed by atoms with van der Waals surface area (Å²) >= 11 is 0. The Kier molecular flexibility index (Phi) is 3.64. The minimum Gasteiger partial charge on any atom is -0.326 e. The van der Waals surface area contributed by atoms with Gasteiger partial charge < -0.3 is 5.32 Å². The maximum atomic E-state index is 12.4. The third-order valence-electron chi connectivity index (χ3n) is 7.26. The molecule has 1 N–H and O–H groups in total. The zero-order valence-electron chi connectivity index (χ0n) is 16.6. The van der Waals surface area contributed by atoms with Crippen molar-refractivity contribution in [2.45, 2.75) is 51.4 Å². The van der Waals surface area contributed by atoms with Gasteiger partial charge in [-0.3, -0.25) is 4.79 Å². The third-order valence-corrected chi connectivity index (χ3v) is 7.26. The molecule has 1 heterocycles. The molecule has 1 fully saturated rings. The van der Waals surface area contributed by atoms with Gasteiger partial charge in [-0.15, -0.1) is 0 Å². The van der Waals surface area contributed by atoms with E-state index in [9.17, 15) is 4.79 Å². The molecule has 2 atom stereocenters. The molecule has 0 aliphatic heterocycles. The van der Waals surface area contributed by atoms with Gasteiger partial charge in [-0.25, -0.2) is 9.97 Å². The predicted molar refractivity (Wildman–Crippen MR) is 111 cm³/mol. The number of hydrogen-bond donors (Lipinski definition) is 1. The third kappa shape index (κ3) is 2.40. The summed E-state index contributed by atoms with van der Waals surface area (Å²) in [4.78, 5) is 22.4. The first-order chi connectivity index (χ1) is 13.4. The van der Waals surface area contributed by atoms with E-state index in [1.807, 2.05) is 48.5 Å². The zero-order chi connectivity index (χ0) is 19.5. The first kappa shape index (κ1) is 17.4. The first-order valence-corrected chi connectivity index (χ1v) is 10.0. The van der Waals surface area contributed by atoms with Crippen LogP contribution in [0.4, 0.5) is 5.69 Å². The number of rotatable bonds is 3. The van der Waals surface area contributed by atoms with Gasteiger partial charge in [0, 0.05) is 17.0 Å². The number of hydrogen-bond acceptors (Lipinski definition) is 3. The van der Waals surface area contributed by atoms with Crippen LogP contribution < -0.4 is 5.32 Å². The Morgan fingerprint density at radius 3 is 2.64 bits per heavy atom. The van der Waals surface area contributed by atoms with Crippen molar-refractivity contribution >= 4 is 22.6 Å². The Labute approximate surface area is 165 Å². The Morgan fingerprint density at radius 2 is 1.86 bits per heavy atom. The predicted octanol–water partition coefficient (Wildman–Crippen LogP) is 4.99. The smallest absolute Gasteiger partial charge is 0.228 e. The number of carbonyl (C=O) groups excluding carboxylic acids is 1. The lowest BCUT2D eigenvalue weighted by Crippen LogP contribution is -2.31. The van der Waals surface area contributed by atoms with Gasteiger partial charge in [0.1, 0.15) is 0 Å². The van der Waals surface area contributed by atoms with E-state index in [2.05, 4.69) is 26.1 Å². The second-order valence-electron chi connectivity index (χ2n) is 9.02. The molecule has 5 rings (SSSR count). The minimum absolute atomic E-state index is 0.0210. The van der Waals surface area contributed by atoms with Crippen LogP contribution in [0.3, 0.4) is 0 Å². The molecule has 0 spiro atoms. The number of aromatic nitrogens is 2. The summed E-state index contributed by atoms with van der Waals surface area (Å²) in [5, 5.41) is 3.00. The lowest BCUT2D eigenvalue weighted by Gasteiger charge is -2.34. The fourth-order valence-corrected chi connectivity index (χ4v) is 5.18. The summed E-state index contributed by atoms with van der Waals surface area (Å²) < 4.78 is 0. The topological polar surface area (TPSA) is 54.9 Å². The van der Waals surface area contributed by atoms with E-state index in [0.29, 0.717) is 12.3 Å². The number of amides is 1. The van der Waals surface area contributed by atoms with E-state index in [1.165, 1.54) is 24.2 Å². The van der Waals surface area contributed by atoms with Gasteiger partial charge in [0.15, 0.2) is 0 Å². The molecule has 1 saturated carbocycles. The highest BCUT2D eigenvalue weighted by Gasteiger charge is 2.61. The van der Waals surface area contributed by atoms with Crippen LogP contribution in [0, 0.1) is 5.41 Å². The molecule has 3 aromatic rings. The summed E-state index contributed by atoms with van der Waals surface area (Å²) in [7, 11) is 0. The van der Waals surface area contributed by atoms with Crippen LogP contribution in [0.2, 0.25) is 0 Å². The van der Waals surface area contributed by atoms with Gasteiger partial charge in [-0.1, -0.05) is 51.1 Å². The molecule has 1 aromatic heterocycles. The summed E-state index contributed by atoms with van der Waals surface area (Å²) in [5.74, 6) is 0.452. The van der Waals surface area contributed by atoms with E-state index in [1.54, 1.807) is 0 Å². The molecule has 0 saturated heterocycles. The van der Waals surface area contributed by atoms with Gasteiger partial charge >= 0.3 is 0 Å². The van der Waals surface area contributed by atoms with Crippen molar-refractivity contribution in [3.05, 3.63) is 65.5 Å². The van der Waals surface area contributed by atoms with Crippen molar-refractivity contribution in [2.75, 3.05) is 5.32 Å². The normalized spacial score (nSPS) is 24.3. The molecule has 4 nitrogen and oxygen atoms in total. The van der Waals surface area contributed by atoms with Crippen molar-refractivity contribution in [1.29, 1.82) is 0 Å². The standard InChI is InChI=1S/C24H25N3O/c1-23(2)17-11-12-24(23,3)22-21(17)26-19-14-16(9-10-18(19)27-22)25-20(28)13-15-7-5-4-6-8-15/h4-10,14,17H,11-13H2,1-3H3,(H,25,28). The first-order valence-electron chi connectivity index (χ1n) is 10.0. The summed E-state index contributed by atoms with van der Waals surface area (Å²) in [6.07, 6.45) is 2.74. The molecule has 142 valence electrons. The van der Waals surface area contributed by atoms with E-state index < -0.39 is 0 Å². The summed E-state index contributed by atoms with van der Waals surface area (Å²) in [6.45, 7) is 7.05. The second-order valence-corrected chi connectivity index (χ2v) is 9.02. The Bertz CT molecular complexity index is 1090. The van der Waals surface area contributed by atoms with E-state index >= 15 is 0 Å². The second kappa shape index (κ2) is 5.87. The van der Waals surface area contributed by atoms with Gasteiger partial charge in [-0.2, -0.15) is 0 Å². The van der Waals surface area contributed by atoms with Gasteiger partial charge in [-0.05, 0) is 42.0 Å². The van der Waals surface area contributed by atoms with Crippen LogP contribution in [0.15, 0.2) is 48.5 Å². The van der Waals surface area contributed by atoms with Crippen molar-refractivity contribution < 1.29 is 4.79 Å². The van der Waals surface area contributed by atoms with Crippen LogP contribution in [0.25, 0.3) is 11.0 Å². The van der Waals surface area contributed by atoms with E-state index in [4.69, 9.17) is 9.97 Å². The Balaban J connectivity index is 1.45. The average molecular weight is 371 g/mol. The summed E-state index contributed by atoms with van der Waals surface area (Å²) in [5.41, 5.74) is 6.20. The molecule has 2 aliphatic carbocycles. The number of nitrogens with one attached hydrogen (secondary N) is 1. The highest BCUT2D eigenvalue weighted by Crippen LogP contribution is 2.66. The number of benzene rings is 2. The fourth-order valence-electron chi connectivity index (χ4n) is 5.18. The quantitative estimate of drug-likeness (QED) is 0.706. The number of fused-ring (bicyclic) bond motifs is 6. The Hall–Kier alpha value is -2.75. The fraction of sp³-hybridized carbons (Fsp3) is 0.375. The molecular formula is C24H25N3O. The van der Waals surface area contributed by atoms with Gasteiger partial charge in [0.05, 0.1) is 28.8 Å². The van der Waals surface area contributed by atoms with Crippen LogP contribution in [0.1, 0.15) is 56.5 Å². The van der Waals surface area contributed by atoms with Crippen LogP contribution in [-0.2, 0) is 16.6 Å². The molecule has 2 aromatic carbocycles. The van der Waals surface area contributed by atoms with Crippen molar-refractivity contribution in [1.82, 2.24) is 9.97 Å². The lowest BCUT2D eigenvalue weighted by molar-refractivity contribution is -0.115. The highest BCUT2D eigenvalue weighted by atomic mass is 16.1. The molecule has 2 bridgehead atoms. The van der Waals surface area contributed by atoms with Crippen LogP contribution in [0.5, 0.6) is 0 Å². The average Bonchev–Trinajstić information content (AvgIpc) is 2.99. The zero-order valence-corrected chi connectivity index (χ0v) is 16.6. The van der Waals surface area contributed by atoms with Crippen LogP contribution in [-0.4, -0.2) is 15.9 Å². The highest BCUT2D eigenvalue weighted by molar-refractivity contribution is 5.94. The molecule has 1 amide bonds.